The number of fused-ring (bicyclic) bond motifs is 3. The molecule has 6 nitrogen and oxygen atoms in total. The van der Waals surface area contributed by atoms with Gasteiger partial charge in [-0.15, -0.1) is 0 Å². The van der Waals surface area contributed by atoms with Crippen LogP contribution in [0, 0.1) is 22.0 Å². The maximum absolute atomic E-state index is 12.5. The summed E-state index contributed by atoms with van der Waals surface area (Å²) in [6, 6.07) is 4.97. The van der Waals surface area contributed by atoms with Crippen LogP contribution in [0.15, 0.2) is 22.6 Å². The van der Waals surface area contributed by atoms with Gasteiger partial charge in [-0.05, 0) is 57.6 Å². The van der Waals surface area contributed by atoms with Crippen molar-refractivity contribution in [3.8, 4) is 0 Å². The van der Waals surface area contributed by atoms with E-state index in [1.807, 2.05) is 6.07 Å². The number of nitrogens with zero attached hydrogens (tertiary/aromatic N) is 2. The molecular formula is C17H22N2O4S. The van der Waals surface area contributed by atoms with E-state index in [2.05, 4.69) is 4.40 Å². The van der Waals surface area contributed by atoms with E-state index in [9.17, 15) is 18.5 Å². The summed E-state index contributed by atoms with van der Waals surface area (Å²) in [5.74, 6) is 0.185. The smallest absolute Gasteiger partial charge is 0.258 e. The molecule has 0 radical (unpaired) electrons. The molecule has 0 aromatic heterocycles. The van der Waals surface area contributed by atoms with Gasteiger partial charge in [-0.25, -0.2) is 8.42 Å². The van der Waals surface area contributed by atoms with E-state index in [1.54, 1.807) is 26.8 Å². The van der Waals surface area contributed by atoms with E-state index in [0.717, 1.165) is 29.7 Å². The van der Waals surface area contributed by atoms with Gasteiger partial charge >= 0.3 is 0 Å². The number of nitro groups is 1. The van der Waals surface area contributed by atoms with E-state index in [-0.39, 0.29) is 22.4 Å². The molecule has 0 amide bonds. The van der Waals surface area contributed by atoms with Crippen molar-refractivity contribution in [3.05, 3.63) is 39.4 Å². The van der Waals surface area contributed by atoms with Crippen molar-refractivity contribution >= 4 is 21.4 Å². The van der Waals surface area contributed by atoms with Crippen LogP contribution in [-0.2, 0) is 22.9 Å². The van der Waals surface area contributed by atoms with Crippen LogP contribution in [0.1, 0.15) is 44.7 Å². The molecule has 1 fully saturated rings. The van der Waals surface area contributed by atoms with Gasteiger partial charge in [0.1, 0.15) is 0 Å². The predicted octanol–water partition coefficient (Wildman–Crippen LogP) is 3.29. The summed E-state index contributed by atoms with van der Waals surface area (Å²) >= 11 is 0. The Kier molecular flexibility index (Phi) is 4.02. The van der Waals surface area contributed by atoms with Crippen molar-refractivity contribution in [3.63, 3.8) is 0 Å². The number of rotatable bonds is 2. The monoisotopic (exact) mass is 350 g/mol. The molecule has 0 aliphatic heterocycles. The average Bonchev–Trinajstić information content (AvgIpc) is 2.72. The second kappa shape index (κ2) is 5.65. The van der Waals surface area contributed by atoms with Crippen molar-refractivity contribution < 1.29 is 13.3 Å². The number of benzene rings is 1. The van der Waals surface area contributed by atoms with Crippen molar-refractivity contribution in [2.45, 2.75) is 51.2 Å². The topological polar surface area (TPSA) is 89.6 Å². The molecule has 1 aromatic rings. The van der Waals surface area contributed by atoms with Gasteiger partial charge in [0, 0.05) is 29.7 Å². The molecule has 2 aliphatic rings. The Morgan fingerprint density at radius 2 is 1.71 bits per heavy atom. The van der Waals surface area contributed by atoms with E-state index >= 15 is 0 Å². The van der Waals surface area contributed by atoms with Gasteiger partial charge in [0.2, 0.25) is 0 Å². The summed E-state index contributed by atoms with van der Waals surface area (Å²) in [5.41, 5.74) is 2.89. The van der Waals surface area contributed by atoms with Crippen molar-refractivity contribution in [1.29, 1.82) is 0 Å². The fraction of sp³-hybridized carbons (Fsp3) is 0.588. The second-order valence-electron chi connectivity index (χ2n) is 7.69. The maximum Gasteiger partial charge on any atom is 0.269 e. The van der Waals surface area contributed by atoms with Crippen LogP contribution in [-0.4, -0.2) is 23.8 Å². The minimum absolute atomic E-state index is 0.0652. The van der Waals surface area contributed by atoms with Crippen molar-refractivity contribution in [1.82, 2.24) is 0 Å². The molecule has 0 spiro atoms. The van der Waals surface area contributed by atoms with E-state index < -0.39 is 14.8 Å². The highest BCUT2D eigenvalue weighted by Crippen LogP contribution is 2.39. The first-order chi connectivity index (χ1) is 11.1. The Balaban J connectivity index is 2.00. The maximum atomic E-state index is 12.5. The molecule has 1 saturated carbocycles. The van der Waals surface area contributed by atoms with Crippen LogP contribution in [0.5, 0.6) is 0 Å². The summed E-state index contributed by atoms with van der Waals surface area (Å²) in [6.07, 6.45) is 3.17. The first-order valence-electron chi connectivity index (χ1n) is 8.19. The molecule has 1 aromatic carbocycles. The minimum Gasteiger partial charge on any atom is -0.258 e. The number of non-ortho nitro benzene ring substituents is 1. The molecule has 7 heteroatoms. The van der Waals surface area contributed by atoms with E-state index in [0.29, 0.717) is 12.8 Å². The molecular weight excluding hydrogens is 328 g/mol. The Labute approximate surface area is 142 Å². The summed E-state index contributed by atoms with van der Waals surface area (Å²) in [5, 5.41) is 11.0. The van der Waals surface area contributed by atoms with Crippen LogP contribution < -0.4 is 0 Å². The lowest BCUT2D eigenvalue weighted by atomic mass is 9.93. The molecule has 3 rings (SSSR count). The number of hydrogen-bond acceptors (Lipinski definition) is 4. The van der Waals surface area contributed by atoms with Gasteiger partial charge in [-0.3, -0.25) is 10.1 Å². The molecule has 130 valence electrons. The Morgan fingerprint density at radius 3 is 2.25 bits per heavy atom. The van der Waals surface area contributed by atoms with Crippen LogP contribution in [0.25, 0.3) is 0 Å². The zero-order valence-corrected chi connectivity index (χ0v) is 15.0. The van der Waals surface area contributed by atoms with Crippen LogP contribution in [0.4, 0.5) is 5.69 Å². The fourth-order valence-electron chi connectivity index (χ4n) is 3.52. The number of hydrogen-bond donors (Lipinski definition) is 0. The standard InChI is InChI=1S/C17H22N2O4S/c1-17(2,3)24(22,23)18-16-12-4-5-13(16)9-14-10-15(19(20)21)7-6-11(14)8-12/h6-7,10,12-13H,4-5,8-9H2,1-3H3/b18-16-/t12-,13+/m0/s1. The SMILES string of the molecule is CC(C)(C)S(=O)(=O)/N=C1\[C@@H]2CC[C@H]1Cc1ccc([N+](=O)[O-])cc1C2. The highest BCUT2D eigenvalue weighted by atomic mass is 32.2. The van der Waals surface area contributed by atoms with Crippen LogP contribution >= 0.6 is 0 Å². The minimum atomic E-state index is -3.57. The molecule has 2 atom stereocenters. The first-order valence-corrected chi connectivity index (χ1v) is 9.63. The summed E-state index contributed by atoms with van der Waals surface area (Å²) in [4.78, 5) is 10.6. The lowest BCUT2D eigenvalue weighted by Crippen LogP contribution is -2.28. The van der Waals surface area contributed by atoms with Crippen LogP contribution in [0.2, 0.25) is 0 Å². The zero-order chi connectivity index (χ0) is 17.7. The van der Waals surface area contributed by atoms with E-state index in [4.69, 9.17) is 0 Å². The normalized spacial score (nSPS) is 25.4. The molecule has 0 saturated heterocycles. The Bertz CT molecular complexity index is 821. The lowest BCUT2D eigenvalue weighted by molar-refractivity contribution is -0.384. The largest absolute Gasteiger partial charge is 0.269 e. The molecule has 0 unspecified atom stereocenters. The third kappa shape index (κ3) is 2.97. The number of nitro benzene ring substituents is 1. The van der Waals surface area contributed by atoms with Gasteiger partial charge in [0.15, 0.2) is 0 Å². The summed E-state index contributed by atoms with van der Waals surface area (Å²) < 4.78 is 28.3. The predicted molar refractivity (Wildman–Crippen MR) is 92.8 cm³/mol. The molecule has 0 heterocycles. The fourth-order valence-corrected chi connectivity index (χ4v) is 4.37. The quantitative estimate of drug-likeness (QED) is 0.604. The van der Waals surface area contributed by atoms with Gasteiger partial charge in [0.05, 0.1) is 9.67 Å². The van der Waals surface area contributed by atoms with Gasteiger partial charge in [0.25, 0.3) is 15.7 Å². The third-order valence-corrected chi connectivity index (χ3v) is 7.03. The summed E-state index contributed by atoms with van der Waals surface area (Å²) in [6.45, 7) is 4.97. The lowest BCUT2D eigenvalue weighted by Gasteiger charge is -2.18. The Morgan fingerprint density at radius 1 is 1.12 bits per heavy atom. The first kappa shape index (κ1) is 17.1. The van der Waals surface area contributed by atoms with Crippen molar-refractivity contribution in [2.75, 3.05) is 0 Å². The molecule has 2 bridgehead atoms. The number of sulfonamides is 1. The summed E-state index contributed by atoms with van der Waals surface area (Å²) in [7, 11) is -3.57. The van der Waals surface area contributed by atoms with Gasteiger partial charge in [-0.2, -0.15) is 4.40 Å². The highest BCUT2D eigenvalue weighted by Gasteiger charge is 2.39. The van der Waals surface area contributed by atoms with Crippen LogP contribution in [0.3, 0.4) is 0 Å². The second-order valence-corrected chi connectivity index (χ2v) is 10.1. The van der Waals surface area contributed by atoms with E-state index in [1.165, 1.54) is 6.07 Å². The third-order valence-electron chi connectivity index (χ3n) is 5.03. The van der Waals surface area contributed by atoms with Crippen molar-refractivity contribution in [2.24, 2.45) is 16.2 Å². The molecule has 2 aliphatic carbocycles. The molecule has 24 heavy (non-hydrogen) atoms. The van der Waals surface area contributed by atoms with Gasteiger partial charge in [-0.1, -0.05) is 6.07 Å². The van der Waals surface area contributed by atoms with Gasteiger partial charge < -0.3 is 0 Å². The molecule has 0 N–H and O–H groups in total. The zero-order valence-electron chi connectivity index (χ0n) is 14.2. The Hall–Kier alpha value is -1.76. The average molecular weight is 350 g/mol. The highest BCUT2D eigenvalue weighted by molar-refractivity contribution is 7.91.